The predicted molar refractivity (Wildman–Crippen MR) is 127 cm³/mol. The van der Waals surface area contributed by atoms with Crippen molar-refractivity contribution in [2.75, 3.05) is 13.1 Å². The standard InChI is InChI=1S/3C6H5.C5H11NS2.Pb/c3*1-2-4-6-5-3-1;1-3-6(4-2)5(7)8;/h3*1-5H;3-4H2,1-2H3,(H,7,8);/q;;;;+1/p-1. The van der Waals surface area contributed by atoms with Gasteiger partial charge in [-0.3, -0.25) is 0 Å². The molecule has 27 heavy (non-hydrogen) atoms. The van der Waals surface area contributed by atoms with Gasteiger partial charge in [-0.05, 0) is 0 Å². The van der Waals surface area contributed by atoms with Gasteiger partial charge in [0.05, 0.1) is 0 Å². The fourth-order valence-electron chi connectivity index (χ4n) is 3.37. The van der Waals surface area contributed by atoms with E-state index in [0.29, 0.717) is 0 Å². The van der Waals surface area contributed by atoms with Gasteiger partial charge in [0.1, 0.15) is 0 Å². The molecule has 0 radical (unpaired) electrons. The van der Waals surface area contributed by atoms with Crippen LogP contribution in [0.1, 0.15) is 13.8 Å². The molecule has 0 fully saturated rings. The molecule has 138 valence electrons. The summed E-state index contributed by atoms with van der Waals surface area (Å²) in [6.07, 6.45) is 0. The van der Waals surface area contributed by atoms with Crippen molar-refractivity contribution in [3.8, 4) is 0 Å². The van der Waals surface area contributed by atoms with Crippen molar-refractivity contribution >= 4 is 53.9 Å². The molecule has 0 saturated heterocycles. The minimum atomic E-state index is -3.53. The predicted octanol–water partition coefficient (Wildman–Crippen LogP) is 4.01. The molecule has 0 unspecified atom stereocenters. The van der Waals surface area contributed by atoms with Gasteiger partial charge in [0.15, 0.2) is 0 Å². The number of benzene rings is 3. The molecular formula is C23H25NPbS2. The van der Waals surface area contributed by atoms with Crippen LogP contribution in [0, 0.1) is 0 Å². The number of rotatable bonds is 6. The van der Waals surface area contributed by atoms with E-state index in [0.717, 1.165) is 17.4 Å². The summed E-state index contributed by atoms with van der Waals surface area (Å²) in [4.78, 5) is 2.31. The summed E-state index contributed by atoms with van der Waals surface area (Å²) in [6.45, 7) is 6.26. The van der Waals surface area contributed by atoms with Crippen LogP contribution in [0.25, 0.3) is 0 Å². The van der Waals surface area contributed by atoms with Crippen LogP contribution in [-0.4, -0.2) is 42.0 Å². The van der Waals surface area contributed by atoms with E-state index < -0.39 is 19.7 Å². The number of nitrogens with zero attached hydrogens (tertiary/aromatic N) is 1. The van der Waals surface area contributed by atoms with Gasteiger partial charge in [-0.15, -0.1) is 0 Å². The average molecular weight is 587 g/mol. The van der Waals surface area contributed by atoms with Gasteiger partial charge >= 0.3 is 177 Å². The Balaban J connectivity index is 2.24. The number of thiocarbonyl (C=S) groups is 1. The van der Waals surface area contributed by atoms with E-state index in [4.69, 9.17) is 12.2 Å². The Morgan fingerprint density at radius 3 is 1.33 bits per heavy atom. The van der Waals surface area contributed by atoms with Crippen molar-refractivity contribution in [2.24, 2.45) is 0 Å². The maximum absolute atomic E-state index is 5.97. The third kappa shape index (κ3) is 4.46. The topological polar surface area (TPSA) is 3.24 Å². The summed E-state index contributed by atoms with van der Waals surface area (Å²) in [5, 5.41) is 0. The average Bonchev–Trinajstić information content (AvgIpc) is 2.75. The van der Waals surface area contributed by atoms with Gasteiger partial charge in [0.25, 0.3) is 0 Å². The van der Waals surface area contributed by atoms with E-state index in [1.165, 1.54) is 9.37 Å². The van der Waals surface area contributed by atoms with E-state index in [1.807, 2.05) is 8.31 Å². The van der Waals surface area contributed by atoms with Crippen molar-refractivity contribution < 1.29 is 0 Å². The second kappa shape index (κ2) is 9.85. The minimum absolute atomic E-state index is 0.949. The molecule has 0 saturated carbocycles. The number of hydrogen-bond donors (Lipinski definition) is 0. The van der Waals surface area contributed by atoms with Gasteiger partial charge < -0.3 is 0 Å². The van der Waals surface area contributed by atoms with Gasteiger partial charge in [-0.2, -0.15) is 0 Å². The molecule has 0 aliphatic rings. The summed E-state index contributed by atoms with van der Waals surface area (Å²) >= 11 is 2.44. The molecular weight excluding hydrogens is 562 g/mol. The molecule has 0 aromatic heterocycles. The van der Waals surface area contributed by atoms with Crippen molar-refractivity contribution in [2.45, 2.75) is 13.8 Å². The Kier molecular flexibility index (Phi) is 7.50. The van der Waals surface area contributed by atoms with Crippen LogP contribution in [0.5, 0.6) is 0 Å². The van der Waals surface area contributed by atoms with E-state index in [1.54, 1.807) is 0 Å². The third-order valence-electron chi connectivity index (χ3n) is 4.80. The first-order valence-corrected chi connectivity index (χ1v) is 21.2. The quantitative estimate of drug-likeness (QED) is 0.318. The second-order valence-corrected chi connectivity index (χ2v) is 27.3. The molecule has 0 spiro atoms. The van der Waals surface area contributed by atoms with Crippen LogP contribution < -0.4 is 9.37 Å². The van der Waals surface area contributed by atoms with Crippen molar-refractivity contribution in [3.05, 3.63) is 91.0 Å². The van der Waals surface area contributed by atoms with Gasteiger partial charge in [-0.25, -0.2) is 0 Å². The summed E-state index contributed by atoms with van der Waals surface area (Å²) < 4.78 is 5.41. The Morgan fingerprint density at radius 2 is 1.04 bits per heavy atom. The van der Waals surface area contributed by atoms with Crippen LogP contribution in [0.4, 0.5) is 0 Å². The van der Waals surface area contributed by atoms with Crippen LogP contribution in [-0.2, 0) is 0 Å². The molecule has 0 bridgehead atoms. The van der Waals surface area contributed by atoms with Crippen LogP contribution >= 0.6 is 20.5 Å². The maximum atomic E-state index is 5.97. The van der Waals surface area contributed by atoms with Crippen LogP contribution in [0.15, 0.2) is 91.0 Å². The molecule has 3 aromatic rings. The van der Waals surface area contributed by atoms with Crippen molar-refractivity contribution in [1.29, 1.82) is 0 Å². The summed E-state index contributed by atoms with van der Waals surface area (Å²) in [7, 11) is 1.99. The Hall–Kier alpha value is -1.18. The Morgan fingerprint density at radius 1 is 0.704 bits per heavy atom. The van der Waals surface area contributed by atoms with Gasteiger partial charge in [0, 0.05) is 0 Å². The SMILES string of the molecule is CCN(CC)C(=S)[S][Pb]([c]1ccccc1)([c]1ccccc1)[c]1ccccc1. The van der Waals surface area contributed by atoms with Crippen molar-refractivity contribution in [3.63, 3.8) is 0 Å². The summed E-state index contributed by atoms with van der Waals surface area (Å²) in [5.41, 5.74) is 0. The molecule has 3 aromatic carbocycles. The second-order valence-electron chi connectivity index (χ2n) is 6.32. The third-order valence-corrected chi connectivity index (χ3v) is 33.2. The Labute approximate surface area is 175 Å². The molecule has 0 N–H and O–H groups in total. The molecule has 0 aliphatic heterocycles. The first-order valence-electron chi connectivity index (χ1n) is 9.36. The fraction of sp³-hybridized carbons (Fsp3) is 0.174. The Bertz CT molecular complexity index is 753. The molecule has 1 nitrogen and oxygen atoms in total. The first-order chi connectivity index (χ1) is 13.2. The van der Waals surface area contributed by atoms with E-state index >= 15 is 0 Å². The van der Waals surface area contributed by atoms with Gasteiger partial charge in [0.2, 0.25) is 0 Å². The normalized spacial score (nSPS) is 11.2. The zero-order valence-corrected chi connectivity index (χ0v) is 21.4. The molecule has 0 amide bonds. The zero-order chi connectivity index (χ0) is 19.1. The van der Waals surface area contributed by atoms with Gasteiger partial charge in [-0.1, -0.05) is 0 Å². The van der Waals surface area contributed by atoms with E-state index in [9.17, 15) is 0 Å². The van der Waals surface area contributed by atoms with E-state index in [2.05, 4.69) is 110 Å². The molecule has 0 atom stereocenters. The van der Waals surface area contributed by atoms with Crippen LogP contribution in [0.2, 0.25) is 0 Å². The summed E-state index contributed by atoms with van der Waals surface area (Å²) in [5.74, 6) is 0. The summed E-state index contributed by atoms with van der Waals surface area (Å²) in [6, 6.07) is 33.1. The fourth-order valence-corrected chi connectivity index (χ4v) is 31.8. The van der Waals surface area contributed by atoms with Crippen LogP contribution in [0.3, 0.4) is 0 Å². The first kappa shape index (κ1) is 20.6. The molecule has 0 heterocycles. The monoisotopic (exact) mass is 587 g/mol. The molecule has 3 rings (SSSR count). The zero-order valence-electron chi connectivity index (χ0n) is 15.8. The molecule has 4 heteroatoms. The molecule has 0 aliphatic carbocycles. The van der Waals surface area contributed by atoms with Crippen molar-refractivity contribution in [1.82, 2.24) is 4.90 Å². The van der Waals surface area contributed by atoms with E-state index in [-0.39, 0.29) is 0 Å². The number of hydrogen-bond acceptors (Lipinski definition) is 2.